The topological polar surface area (TPSA) is 82.8 Å². The maximum atomic E-state index is 5.23. The molecule has 0 spiro atoms. The number of rotatable bonds is 4. The van der Waals surface area contributed by atoms with E-state index in [2.05, 4.69) is 36.3 Å². The molecule has 0 aromatic carbocycles. The molecule has 0 N–H and O–H groups in total. The number of aryl methyl sites for hydroxylation is 1. The molecule has 3 heterocycles. The first kappa shape index (κ1) is 13.0. The molecule has 0 aliphatic heterocycles. The van der Waals surface area contributed by atoms with Gasteiger partial charge in [-0.2, -0.15) is 10.1 Å². The normalized spacial score (nSPS) is 12.8. The van der Waals surface area contributed by atoms with Crippen LogP contribution in [0.2, 0.25) is 0 Å². The summed E-state index contributed by atoms with van der Waals surface area (Å²) >= 11 is 3.36. The van der Waals surface area contributed by atoms with E-state index in [-0.39, 0.29) is 6.04 Å². The molecule has 3 rings (SSSR count). The largest absolute Gasteiger partial charge is 0.361 e. The monoisotopic (exact) mass is 337 g/mol. The summed E-state index contributed by atoms with van der Waals surface area (Å²) in [6.07, 6.45) is 4.04. The first-order chi connectivity index (χ1) is 9.61. The zero-order valence-corrected chi connectivity index (χ0v) is 12.5. The molecule has 0 aliphatic rings. The lowest BCUT2D eigenvalue weighted by Gasteiger charge is -2.05. The minimum Gasteiger partial charge on any atom is -0.361 e. The van der Waals surface area contributed by atoms with E-state index < -0.39 is 0 Å². The molecule has 8 heteroatoms. The summed E-state index contributed by atoms with van der Waals surface area (Å²) in [6.45, 7) is 3.79. The lowest BCUT2D eigenvalue weighted by molar-refractivity contribution is 0.363. The van der Waals surface area contributed by atoms with Crippen molar-refractivity contribution in [3.63, 3.8) is 0 Å². The van der Waals surface area contributed by atoms with Crippen LogP contribution in [-0.4, -0.2) is 25.1 Å². The smallest absolute Gasteiger partial charge is 0.232 e. The molecule has 0 amide bonds. The van der Waals surface area contributed by atoms with E-state index >= 15 is 0 Å². The van der Waals surface area contributed by atoms with Crippen LogP contribution in [0.25, 0.3) is 0 Å². The molecule has 0 aliphatic carbocycles. The van der Waals surface area contributed by atoms with E-state index in [0.29, 0.717) is 18.1 Å². The molecular weight excluding hydrogens is 326 g/mol. The van der Waals surface area contributed by atoms with Crippen molar-refractivity contribution in [3.8, 4) is 0 Å². The number of nitrogens with zero attached hydrogens (tertiary/aromatic N) is 5. The van der Waals surface area contributed by atoms with Crippen LogP contribution in [-0.2, 0) is 6.42 Å². The fraction of sp³-hybridized carbons (Fsp3) is 0.333. The zero-order chi connectivity index (χ0) is 14.1. The zero-order valence-electron chi connectivity index (χ0n) is 10.9. The van der Waals surface area contributed by atoms with Gasteiger partial charge >= 0.3 is 0 Å². The Bertz CT molecular complexity index is 717. The second-order valence-corrected chi connectivity index (χ2v) is 5.38. The van der Waals surface area contributed by atoms with Crippen molar-refractivity contribution in [1.29, 1.82) is 0 Å². The van der Waals surface area contributed by atoms with Crippen LogP contribution in [0.4, 0.5) is 0 Å². The molecule has 20 heavy (non-hydrogen) atoms. The second-order valence-electron chi connectivity index (χ2n) is 4.47. The Morgan fingerprint density at radius 2 is 2.20 bits per heavy atom. The van der Waals surface area contributed by atoms with Gasteiger partial charge in [-0.1, -0.05) is 10.3 Å². The van der Waals surface area contributed by atoms with E-state index in [1.165, 1.54) is 0 Å². The van der Waals surface area contributed by atoms with Gasteiger partial charge in [-0.15, -0.1) is 0 Å². The van der Waals surface area contributed by atoms with Crippen molar-refractivity contribution < 1.29 is 9.05 Å². The standard InChI is InChI=1S/C12H12BrN5O2/c1-7-3-10(16-19-7)4-11-15-12(17-20-11)8(2)18-6-9(13)5-14-18/h3,5-6,8H,4H2,1-2H3/t8-/m0/s1. The molecule has 0 fully saturated rings. The predicted molar refractivity (Wildman–Crippen MR) is 72.1 cm³/mol. The van der Waals surface area contributed by atoms with Crippen LogP contribution in [0.3, 0.4) is 0 Å². The van der Waals surface area contributed by atoms with Crippen LogP contribution in [0.5, 0.6) is 0 Å². The van der Waals surface area contributed by atoms with Crippen LogP contribution in [0.15, 0.2) is 32.0 Å². The summed E-state index contributed by atoms with van der Waals surface area (Å²) < 4.78 is 12.9. The van der Waals surface area contributed by atoms with Crippen molar-refractivity contribution >= 4 is 15.9 Å². The van der Waals surface area contributed by atoms with Crippen molar-refractivity contribution in [2.75, 3.05) is 0 Å². The average molecular weight is 338 g/mol. The predicted octanol–water partition coefficient (Wildman–Crippen LogP) is 2.53. The lowest BCUT2D eigenvalue weighted by Crippen LogP contribution is -2.08. The van der Waals surface area contributed by atoms with E-state index in [1.54, 1.807) is 10.9 Å². The summed E-state index contributed by atoms with van der Waals surface area (Å²) in [7, 11) is 0. The first-order valence-electron chi connectivity index (χ1n) is 6.06. The Kier molecular flexibility index (Phi) is 3.39. The summed E-state index contributed by atoms with van der Waals surface area (Å²) in [5.74, 6) is 1.84. The van der Waals surface area contributed by atoms with Crippen LogP contribution in [0.1, 0.15) is 36.1 Å². The maximum absolute atomic E-state index is 5.23. The highest BCUT2D eigenvalue weighted by atomic mass is 79.9. The molecule has 0 bridgehead atoms. The highest BCUT2D eigenvalue weighted by molar-refractivity contribution is 9.10. The minimum absolute atomic E-state index is 0.0992. The molecule has 104 valence electrons. The van der Waals surface area contributed by atoms with Gasteiger partial charge in [0.1, 0.15) is 11.8 Å². The van der Waals surface area contributed by atoms with Gasteiger partial charge < -0.3 is 9.05 Å². The second kappa shape index (κ2) is 5.20. The van der Waals surface area contributed by atoms with Gasteiger partial charge in [-0.25, -0.2) is 0 Å². The third kappa shape index (κ3) is 2.64. The Balaban J connectivity index is 1.76. The minimum atomic E-state index is -0.0992. The lowest BCUT2D eigenvalue weighted by atomic mass is 10.3. The van der Waals surface area contributed by atoms with E-state index in [9.17, 15) is 0 Å². The Hall–Kier alpha value is -1.96. The van der Waals surface area contributed by atoms with Gasteiger partial charge in [0.2, 0.25) is 5.89 Å². The van der Waals surface area contributed by atoms with Gasteiger partial charge in [0, 0.05) is 12.3 Å². The number of halogens is 1. The molecule has 0 saturated heterocycles. The van der Waals surface area contributed by atoms with E-state index in [1.807, 2.05) is 26.1 Å². The number of hydrogen-bond donors (Lipinski definition) is 0. The number of aromatic nitrogens is 5. The quantitative estimate of drug-likeness (QED) is 0.727. The van der Waals surface area contributed by atoms with Gasteiger partial charge in [-0.05, 0) is 29.8 Å². The van der Waals surface area contributed by atoms with E-state index in [0.717, 1.165) is 15.9 Å². The molecule has 7 nitrogen and oxygen atoms in total. The van der Waals surface area contributed by atoms with Crippen LogP contribution < -0.4 is 0 Å². The first-order valence-corrected chi connectivity index (χ1v) is 6.85. The Morgan fingerprint density at radius 1 is 1.35 bits per heavy atom. The highest BCUT2D eigenvalue weighted by Gasteiger charge is 2.17. The average Bonchev–Trinajstić information content (AvgIpc) is 3.11. The van der Waals surface area contributed by atoms with Crippen molar-refractivity contribution in [2.24, 2.45) is 0 Å². The Labute approximate surface area is 123 Å². The molecule has 3 aromatic rings. The fourth-order valence-electron chi connectivity index (χ4n) is 1.81. The maximum Gasteiger partial charge on any atom is 0.232 e. The SMILES string of the molecule is Cc1cc(Cc2nc([C@H](C)n3cc(Br)cn3)no2)no1. The summed E-state index contributed by atoms with van der Waals surface area (Å²) in [6, 6.07) is 1.75. The van der Waals surface area contributed by atoms with Crippen LogP contribution >= 0.6 is 15.9 Å². The number of hydrogen-bond acceptors (Lipinski definition) is 6. The summed E-state index contributed by atoms with van der Waals surface area (Å²) in [5.41, 5.74) is 0.771. The molecule has 0 radical (unpaired) electrons. The van der Waals surface area contributed by atoms with Crippen molar-refractivity contribution in [1.82, 2.24) is 25.1 Å². The molecule has 0 unspecified atom stereocenters. The molecule has 0 saturated carbocycles. The Morgan fingerprint density at radius 3 is 2.85 bits per heavy atom. The third-order valence-electron chi connectivity index (χ3n) is 2.83. The summed E-state index contributed by atoms with van der Waals surface area (Å²) in [4.78, 5) is 4.36. The fourth-order valence-corrected chi connectivity index (χ4v) is 2.11. The van der Waals surface area contributed by atoms with Gasteiger partial charge in [0.15, 0.2) is 5.82 Å². The van der Waals surface area contributed by atoms with Gasteiger partial charge in [0.05, 0.1) is 22.8 Å². The van der Waals surface area contributed by atoms with Gasteiger partial charge in [-0.3, -0.25) is 4.68 Å². The molecule has 1 atom stereocenters. The molecular formula is C12H12BrN5O2. The molecule has 3 aromatic heterocycles. The third-order valence-corrected chi connectivity index (χ3v) is 3.24. The van der Waals surface area contributed by atoms with Gasteiger partial charge in [0.25, 0.3) is 0 Å². The van der Waals surface area contributed by atoms with E-state index in [4.69, 9.17) is 9.05 Å². The van der Waals surface area contributed by atoms with Crippen molar-refractivity contribution in [3.05, 3.63) is 46.1 Å². The highest BCUT2D eigenvalue weighted by Crippen LogP contribution is 2.17. The summed E-state index contributed by atoms with van der Waals surface area (Å²) in [5, 5.41) is 12.1. The van der Waals surface area contributed by atoms with Crippen LogP contribution in [0, 0.1) is 6.92 Å². The van der Waals surface area contributed by atoms with Crippen molar-refractivity contribution in [2.45, 2.75) is 26.3 Å².